The molecule has 1 amide bonds. The van der Waals surface area contributed by atoms with E-state index in [9.17, 15) is 28.1 Å². The van der Waals surface area contributed by atoms with Gasteiger partial charge in [-0.1, -0.05) is 6.92 Å². The third kappa shape index (κ3) is 3.94. The number of nitro benzene ring substituents is 1. The lowest BCUT2D eigenvalue weighted by atomic mass is 10.1. The second-order valence-electron chi connectivity index (χ2n) is 3.78. The zero-order chi connectivity index (χ0) is 14.6. The number of carbonyl (C=O) groups is 1. The van der Waals surface area contributed by atoms with Crippen LogP contribution < -0.4 is 5.32 Å². The number of nitrogens with zero attached hydrogens (tertiary/aromatic N) is 1. The summed E-state index contributed by atoms with van der Waals surface area (Å²) in [4.78, 5) is 21.1. The number of anilines is 1. The first kappa shape index (κ1) is 14.9. The van der Waals surface area contributed by atoms with E-state index < -0.39 is 28.3 Å². The number of nitro groups is 1. The predicted octanol–water partition coefficient (Wildman–Crippen LogP) is 3.35. The molecule has 0 fully saturated rings. The molecule has 1 aromatic rings. The summed E-state index contributed by atoms with van der Waals surface area (Å²) in [5.74, 6) is -0.481. The van der Waals surface area contributed by atoms with Gasteiger partial charge in [0.15, 0.2) is 0 Å². The lowest BCUT2D eigenvalue weighted by molar-refractivity contribution is -0.384. The Hall–Kier alpha value is -2.12. The molecule has 1 rings (SSSR count). The van der Waals surface area contributed by atoms with Crippen molar-refractivity contribution in [2.75, 3.05) is 5.32 Å². The number of hydrogen-bond donors (Lipinski definition) is 1. The summed E-state index contributed by atoms with van der Waals surface area (Å²) >= 11 is 0. The molecule has 104 valence electrons. The van der Waals surface area contributed by atoms with Crippen LogP contribution in [0.3, 0.4) is 0 Å². The van der Waals surface area contributed by atoms with E-state index >= 15 is 0 Å². The molecule has 8 heteroatoms. The third-order valence-electron chi connectivity index (χ3n) is 2.27. The molecule has 0 aliphatic heterocycles. The average Bonchev–Trinajstić information content (AvgIpc) is 2.27. The SMILES string of the molecule is CCCC(=O)Nc1ccc(C(F)(F)F)cc1[N+](=O)[O-]. The smallest absolute Gasteiger partial charge is 0.320 e. The molecule has 0 heterocycles. The summed E-state index contributed by atoms with van der Waals surface area (Å²) < 4.78 is 37.3. The van der Waals surface area contributed by atoms with Crippen LogP contribution in [-0.4, -0.2) is 10.8 Å². The van der Waals surface area contributed by atoms with E-state index in [1.807, 2.05) is 0 Å². The fraction of sp³-hybridized carbons (Fsp3) is 0.364. The van der Waals surface area contributed by atoms with E-state index in [1.54, 1.807) is 6.92 Å². The first-order chi connectivity index (χ1) is 8.75. The predicted molar refractivity (Wildman–Crippen MR) is 61.6 cm³/mol. The van der Waals surface area contributed by atoms with Crippen molar-refractivity contribution in [2.24, 2.45) is 0 Å². The summed E-state index contributed by atoms with van der Waals surface area (Å²) in [7, 11) is 0. The maximum absolute atomic E-state index is 12.4. The van der Waals surface area contributed by atoms with E-state index in [4.69, 9.17) is 0 Å². The van der Waals surface area contributed by atoms with Gasteiger partial charge in [0.1, 0.15) is 5.69 Å². The first-order valence-electron chi connectivity index (χ1n) is 5.41. The van der Waals surface area contributed by atoms with Crippen LogP contribution in [0.2, 0.25) is 0 Å². The molecule has 0 spiro atoms. The largest absolute Gasteiger partial charge is 0.416 e. The minimum Gasteiger partial charge on any atom is -0.320 e. The van der Waals surface area contributed by atoms with Crippen molar-refractivity contribution in [2.45, 2.75) is 25.9 Å². The van der Waals surface area contributed by atoms with Crippen molar-refractivity contribution < 1.29 is 22.9 Å². The van der Waals surface area contributed by atoms with Crippen LogP contribution in [0.1, 0.15) is 25.3 Å². The van der Waals surface area contributed by atoms with E-state index in [0.717, 1.165) is 6.07 Å². The van der Waals surface area contributed by atoms with E-state index in [0.29, 0.717) is 18.6 Å². The van der Waals surface area contributed by atoms with Gasteiger partial charge in [-0.25, -0.2) is 0 Å². The van der Waals surface area contributed by atoms with Crippen molar-refractivity contribution in [1.29, 1.82) is 0 Å². The quantitative estimate of drug-likeness (QED) is 0.677. The topological polar surface area (TPSA) is 72.2 Å². The van der Waals surface area contributed by atoms with Gasteiger partial charge in [-0.05, 0) is 18.6 Å². The van der Waals surface area contributed by atoms with Gasteiger partial charge in [-0.3, -0.25) is 14.9 Å². The maximum atomic E-state index is 12.4. The summed E-state index contributed by atoms with van der Waals surface area (Å²) in [6.45, 7) is 1.74. The minimum atomic E-state index is -4.67. The molecule has 0 saturated carbocycles. The number of amides is 1. The normalized spacial score (nSPS) is 11.2. The second kappa shape index (κ2) is 5.68. The number of alkyl halides is 3. The van der Waals surface area contributed by atoms with E-state index in [2.05, 4.69) is 5.32 Å². The number of halogens is 3. The second-order valence-corrected chi connectivity index (χ2v) is 3.78. The first-order valence-corrected chi connectivity index (χ1v) is 5.41. The van der Waals surface area contributed by atoms with E-state index in [-0.39, 0.29) is 12.1 Å². The van der Waals surface area contributed by atoms with Crippen LogP contribution in [0.4, 0.5) is 24.5 Å². The molecule has 0 radical (unpaired) electrons. The van der Waals surface area contributed by atoms with E-state index in [1.165, 1.54) is 0 Å². The summed E-state index contributed by atoms with van der Waals surface area (Å²) in [6, 6.07) is 1.98. The van der Waals surface area contributed by atoms with Crippen molar-refractivity contribution in [1.82, 2.24) is 0 Å². The number of carbonyl (C=O) groups excluding carboxylic acids is 1. The molecule has 0 unspecified atom stereocenters. The van der Waals surface area contributed by atoms with Gasteiger partial charge in [0.05, 0.1) is 10.5 Å². The van der Waals surface area contributed by atoms with Crippen molar-refractivity contribution >= 4 is 17.3 Å². The average molecular weight is 276 g/mol. The molecule has 0 atom stereocenters. The Morgan fingerprint density at radius 2 is 2.05 bits per heavy atom. The van der Waals surface area contributed by atoms with Gasteiger partial charge in [0.25, 0.3) is 5.69 Å². The van der Waals surface area contributed by atoms with Gasteiger partial charge in [-0.15, -0.1) is 0 Å². The Morgan fingerprint density at radius 1 is 1.42 bits per heavy atom. The van der Waals surface area contributed by atoms with Gasteiger partial charge in [0.2, 0.25) is 5.91 Å². The highest BCUT2D eigenvalue weighted by atomic mass is 19.4. The third-order valence-corrected chi connectivity index (χ3v) is 2.27. The Balaban J connectivity index is 3.12. The lowest BCUT2D eigenvalue weighted by Crippen LogP contribution is -2.13. The molecule has 5 nitrogen and oxygen atoms in total. The Labute approximate surface area is 106 Å². The molecule has 0 saturated heterocycles. The highest BCUT2D eigenvalue weighted by molar-refractivity contribution is 5.93. The number of rotatable bonds is 4. The van der Waals surface area contributed by atoms with Crippen LogP contribution >= 0.6 is 0 Å². The minimum absolute atomic E-state index is 0.137. The van der Waals surface area contributed by atoms with Gasteiger partial charge in [0, 0.05) is 12.5 Å². The fourth-order valence-electron chi connectivity index (χ4n) is 1.40. The number of nitrogens with one attached hydrogen (secondary N) is 1. The lowest BCUT2D eigenvalue weighted by Gasteiger charge is -2.09. The number of hydrogen-bond acceptors (Lipinski definition) is 3. The monoisotopic (exact) mass is 276 g/mol. The summed E-state index contributed by atoms with van der Waals surface area (Å²) in [6.07, 6.45) is -4.00. The summed E-state index contributed by atoms with van der Waals surface area (Å²) in [5, 5.41) is 13.0. The van der Waals surface area contributed by atoms with Crippen LogP contribution in [0.5, 0.6) is 0 Å². The fourth-order valence-corrected chi connectivity index (χ4v) is 1.40. The van der Waals surface area contributed by atoms with Crippen LogP contribution in [0.15, 0.2) is 18.2 Å². The van der Waals surface area contributed by atoms with Crippen LogP contribution in [0, 0.1) is 10.1 Å². The zero-order valence-corrected chi connectivity index (χ0v) is 9.95. The van der Waals surface area contributed by atoms with Gasteiger partial charge < -0.3 is 5.32 Å². The Morgan fingerprint density at radius 3 is 2.53 bits per heavy atom. The number of benzene rings is 1. The Kier molecular flexibility index (Phi) is 4.47. The molecule has 0 bridgehead atoms. The zero-order valence-electron chi connectivity index (χ0n) is 9.95. The molecule has 1 N–H and O–H groups in total. The molecular weight excluding hydrogens is 265 g/mol. The van der Waals surface area contributed by atoms with Crippen LogP contribution in [0.25, 0.3) is 0 Å². The van der Waals surface area contributed by atoms with Crippen molar-refractivity contribution in [3.8, 4) is 0 Å². The molecular formula is C11H11F3N2O3. The Bertz CT molecular complexity index is 500. The standard InChI is InChI=1S/C11H11F3N2O3/c1-2-3-10(17)15-8-5-4-7(11(12,13)14)6-9(8)16(18)19/h4-6H,2-3H2,1H3,(H,15,17). The highest BCUT2D eigenvalue weighted by Crippen LogP contribution is 2.34. The molecule has 19 heavy (non-hydrogen) atoms. The van der Waals surface area contributed by atoms with Crippen molar-refractivity contribution in [3.05, 3.63) is 33.9 Å². The van der Waals surface area contributed by atoms with Gasteiger partial charge >= 0.3 is 6.18 Å². The molecule has 0 aliphatic rings. The molecule has 0 aromatic heterocycles. The van der Waals surface area contributed by atoms with Crippen molar-refractivity contribution in [3.63, 3.8) is 0 Å². The molecule has 0 aliphatic carbocycles. The van der Waals surface area contributed by atoms with Crippen LogP contribution in [-0.2, 0) is 11.0 Å². The summed E-state index contributed by atoms with van der Waals surface area (Å²) in [5.41, 5.74) is -2.15. The van der Waals surface area contributed by atoms with Gasteiger partial charge in [-0.2, -0.15) is 13.2 Å². The highest BCUT2D eigenvalue weighted by Gasteiger charge is 2.33. The molecule has 1 aromatic carbocycles. The maximum Gasteiger partial charge on any atom is 0.416 e.